The molecule has 23 heavy (non-hydrogen) atoms. The van der Waals surface area contributed by atoms with Gasteiger partial charge in [-0.3, -0.25) is 14.9 Å². The molecule has 5 nitrogen and oxygen atoms in total. The monoisotopic (exact) mass is 350 g/mol. The fraction of sp³-hybridized carbons (Fsp3) is 0.188. The van der Waals surface area contributed by atoms with Gasteiger partial charge < -0.3 is 5.32 Å². The number of hydrogen-bond donors (Lipinski definition) is 1. The van der Waals surface area contributed by atoms with Crippen molar-refractivity contribution in [1.29, 1.82) is 0 Å². The summed E-state index contributed by atoms with van der Waals surface area (Å²) in [5.74, 6) is -0.264. The van der Waals surface area contributed by atoms with Crippen LogP contribution in [-0.4, -0.2) is 10.8 Å². The van der Waals surface area contributed by atoms with E-state index in [-0.39, 0.29) is 23.4 Å². The minimum atomic E-state index is -0.496. The number of amides is 1. The van der Waals surface area contributed by atoms with Crippen molar-refractivity contribution in [2.24, 2.45) is 5.92 Å². The largest absolute Gasteiger partial charge is 0.326 e. The fourth-order valence-electron chi connectivity index (χ4n) is 2.57. The first kappa shape index (κ1) is 15.8. The molecular weight excluding hydrogens is 339 g/mol. The molecule has 1 saturated carbocycles. The number of rotatable bonds is 4. The summed E-state index contributed by atoms with van der Waals surface area (Å²) in [5.41, 5.74) is 1.29. The number of hydrogen-bond acceptors (Lipinski definition) is 3. The fourth-order valence-corrected chi connectivity index (χ4v) is 3.12. The third-order valence-electron chi connectivity index (χ3n) is 3.76. The van der Waals surface area contributed by atoms with Crippen molar-refractivity contribution >= 4 is 40.5 Å². The van der Waals surface area contributed by atoms with Gasteiger partial charge in [0.05, 0.1) is 4.92 Å². The Labute approximate surface area is 142 Å². The Morgan fingerprint density at radius 1 is 1.17 bits per heavy atom. The maximum atomic E-state index is 12.3. The summed E-state index contributed by atoms with van der Waals surface area (Å²) in [6.45, 7) is 0. The summed E-state index contributed by atoms with van der Waals surface area (Å²) < 4.78 is 0. The van der Waals surface area contributed by atoms with Crippen LogP contribution in [0.4, 0.5) is 11.4 Å². The normalized spacial score (nSPS) is 19.2. The quantitative estimate of drug-likeness (QED) is 0.644. The Bertz CT molecular complexity index is 774. The molecule has 1 fully saturated rings. The molecule has 2 aromatic carbocycles. The molecule has 7 heteroatoms. The lowest BCUT2D eigenvalue weighted by Crippen LogP contribution is -2.14. The van der Waals surface area contributed by atoms with Gasteiger partial charge in [0.2, 0.25) is 5.91 Å². The van der Waals surface area contributed by atoms with Crippen molar-refractivity contribution < 1.29 is 9.72 Å². The number of halogens is 2. The molecule has 3 rings (SSSR count). The Morgan fingerprint density at radius 3 is 2.52 bits per heavy atom. The van der Waals surface area contributed by atoms with Gasteiger partial charge in [0.1, 0.15) is 0 Å². The van der Waals surface area contributed by atoms with Crippen LogP contribution in [0.15, 0.2) is 42.5 Å². The van der Waals surface area contributed by atoms with Gasteiger partial charge in [-0.1, -0.05) is 29.3 Å². The Kier molecular flexibility index (Phi) is 4.24. The van der Waals surface area contributed by atoms with Gasteiger partial charge in [-0.25, -0.2) is 0 Å². The van der Waals surface area contributed by atoms with Crippen LogP contribution in [0.25, 0.3) is 0 Å². The first-order valence-corrected chi connectivity index (χ1v) is 7.71. The number of anilines is 1. The molecule has 0 saturated heterocycles. The zero-order chi connectivity index (χ0) is 16.6. The maximum absolute atomic E-state index is 12.3. The molecule has 0 heterocycles. The van der Waals surface area contributed by atoms with Crippen molar-refractivity contribution in [2.75, 3.05) is 5.32 Å². The molecule has 0 unspecified atom stereocenters. The second-order valence-corrected chi connectivity index (χ2v) is 6.32. The van der Waals surface area contributed by atoms with E-state index in [4.69, 9.17) is 23.2 Å². The van der Waals surface area contributed by atoms with Crippen LogP contribution in [0.2, 0.25) is 10.0 Å². The lowest BCUT2D eigenvalue weighted by molar-refractivity contribution is -0.384. The number of carbonyl (C=O) groups excluding carboxylic acids is 1. The summed E-state index contributed by atoms with van der Waals surface area (Å²) in [5, 5.41) is 14.6. The van der Waals surface area contributed by atoms with Crippen LogP contribution in [0.5, 0.6) is 0 Å². The molecule has 118 valence electrons. The van der Waals surface area contributed by atoms with Crippen molar-refractivity contribution in [2.45, 2.75) is 12.3 Å². The topological polar surface area (TPSA) is 72.2 Å². The van der Waals surface area contributed by atoms with Crippen LogP contribution in [0.3, 0.4) is 0 Å². The van der Waals surface area contributed by atoms with E-state index < -0.39 is 4.92 Å². The highest BCUT2D eigenvalue weighted by molar-refractivity contribution is 6.34. The third kappa shape index (κ3) is 3.63. The molecule has 2 aromatic rings. The number of nitrogens with zero attached hydrogens (tertiary/aromatic N) is 1. The first-order chi connectivity index (χ1) is 10.9. The smallest absolute Gasteiger partial charge is 0.271 e. The van der Waals surface area contributed by atoms with Crippen molar-refractivity contribution in [3.63, 3.8) is 0 Å². The van der Waals surface area contributed by atoms with Crippen LogP contribution >= 0.6 is 23.2 Å². The van der Waals surface area contributed by atoms with Crippen molar-refractivity contribution in [3.05, 3.63) is 68.2 Å². The second kappa shape index (κ2) is 6.18. The molecule has 1 aliphatic carbocycles. The highest BCUT2D eigenvalue weighted by atomic mass is 35.5. The van der Waals surface area contributed by atoms with E-state index >= 15 is 0 Å². The lowest BCUT2D eigenvalue weighted by atomic mass is 10.1. The van der Waals surface area contributed by atoms with E-state index in [9.17, 15) is 14.9 Å². The van der Waals surface area contributed by atoms with Gasteiger partial charge >= 0.3 is 0 Å². The number of nitro groups is 1. The molecule has 2 atom stereocenters. The average molecular weight is 351 g/mol. The van der Waals surface area contributed by atoms with Gasteiger partial charge in [-0.05, 0) is 42.2 Å². The highest BCUT2D eigenvalue weighted by Crippen LogP contribution is 2.49. The summed E-state index contributed by atoms with van der Waals surface area (Å²) in [6, 6.07) is 11.1. The molecule has 0 spiro atoms. The Hall–Kier alpha value is -2.11. The molecule has 1 N–H and O–H groups in total. The molecule has 0 aliphatic heterocycles. The second-order valence-electron chi connectivity index (χ2n) is 5.45. The van der Waals surface area contributed by atoms with Gasteiger partial charge in [0, 0.05) is 33.8 Å². The Morgan fingerprint density at radius 2 is 1.87 bits per heavy atom. The standard InChI is InChI=1S/C16H12Cl2N2O3/c17-10-4-9(5-11(18)6-10)14-8-15(14)16(21)19-12-2-1-3-13(7-12)20(22)23/h1-7,14-15H,8H2,(H,19,21)/t14-,15+/m0/s1. The summed E-state index contributed by atoms with van der Waals surface area (Å²) in [7, 11) is 0. The van der Waals surface area contributed by atoms with E-state index in [1.807, 2.05) is 0 Å². The first-order valence-electron chi connectivity index (χ1n) is 6.95. The number of nitrogens with one attached hydrogen (secondary N) is 1. The molecule has 0 radical (unpaired) electrons. The number of non-ortho nitro benzene ring substituents is 1. The van der Waals surface area contributed by atoms with Gasteiger partial charge in [-0.15, -0.1) is 0 Å². The summed E-state index contributed by atoms with van der Waals surface area (Å²) >= 11 is 12.0. The summed E-state index contributed by atoms with van der Waals surface area (Å²) in [6.07, 6.45) is 0.706. The van der Waals surface area contributed by atoms with Crippen molar-refractivity contribution in [3.8, 4) is 0 Å². The maximum Gasteiger partial charge on any atom is 0.271 e. The summed E-state index contributed by atoms with van der Waals surface area (Å²) in [4.78, 5) is 22.5. The Balaban J connectivity index is 1.69. The molecule has 0 aromatic heterocycles. The van der Waals surface area contributed by atoms with Gasteiger partial charge in [0.15, 0.2) is 0 Å². The predicted molar refractivity (Wildman–Crippen MR) is 89.0 cm³/mol. The van der Waals surface area contributed by atoms with Crippen LogP contribution in [-0.2, 0) is 4.79 Å². The number of nitro benzene ring substituents is 1. The zero-order valence-corrected chi connectivity index (χ0v) is 13.3. The van der Waals surface area contributed by atoms with E-state index in [1.54, 1.807) is 24.3 Å². The number of carbonyl (C=O) groups is 1. The van der Waals surface area contributed by atoms with E-state index in [0.717, 1.165) is 5.56 Å². The van der Waals surface area contributed by atoms with Crippen LogP contribution in [0, 0.1) is 16.0 Å². The minimum Gasteiger partial charge on any atom is -0.326 e. The predicted octanol–water partition coefficient (Wildman–Crippen LogP) is 4.64. The molecule has 1 aliphatic rings. The highest BCUT2D eigenvalue weighted by Gasteiger charge is 2.44. The third-order valence-corrected chi connectivity index (χ3v) is 4.20. The molecular formula is C16H12Cl2N2O3. The SMILES string of the molecule is O=C(Nc1cccc([N+](=O)[O-])c1)[C@@H]1C[C@H]1c1cc(Cl)cc(Cl)c1. The van der Waals surface area contributed by atoms with Gasteiger partial charge in [0.25, 0.3) is 5.69 Å². The average Bonchev–Trinajstić information content (AvgIpc) is 3.27. The molecule has 0 bridgehead atoms. The zero-order valence-electron chi connectivity index (χ0n) is 11.8. The van der Waals surface area contributed by atoms with E-state index in [1.165, 1.54) is 18.2 Å². The van der Waals surface area contributed by atoms with Gasteiger partial charge in [-0.2, -0.15) is 0 Å². The number of benzene rings is 2. The molecule has 1 amide bonds. The van der Waals surface area contributed by atoms with E-state index in [2.05, 4.69) is 5.32 Å². The van der Waals surface area contributed by atoms with Crippen LogP contribution in [0.1, 0.15) is 17.9 Å². The van der Waals surface area contributed by atoms with Crippen molar-refractivity contribution in [1.82, 2.24) is 0 Å². The van der Waals surface area contributed by atoms with Crippen LogP contribution < -0.4 is 5.32 Å². The van der Waals surface area contributed by atoms with E-state index in [0.29, 0.717) is 22.2 Å². The lowest BCUT2D eigenvalue weighted by Gasteiger charge is -2.05. The minimum absolute atomic E-state index is 0.0585.